The van der Waals surface area contributed by atoms with Gasteiger partial charge in [-0.2, -0.15) is 5.26 Å². The number of fused-ring (bicyclic) bond motifs is 1. The first-order chi connectivity index (χ1) is 15.5. The SMILES string of the molecule is COc1ccc(CNc2nc3c(c(=O)[nH]2)CCN(C(=O)c2ccc(Br)c(C#N)c2)C3)cc1. The van der Waals surface area contributed by atoms with Crippen molar-refractivity contribution in [2.45, 2.75) is 19.5 Å². The molecule has 8 nitrogen and oxygen atoms in total. The Morgan fingerprint density at radius 2 is 2.09 bits per heavy atom. The minimum absolute atomic E-state index is 0.199. The van der Waals surface area contributed by atoms with Gasteiger partial charge < -0.3 is 15.0 Å². The van der Waals surface area contributed by atoms with Gasteiger partial charge in [0.25, 0.3) is 11.5 Å². The number of amides is 1. The van der Waals surface area contributed by atoms with Crippen molar-refractivity contribution in [1.82, 2.24) is 14.9 Å². The molecule has 1 aromatic heterocycles. The topological polar surface area (TPSA) is 111 Å². The van der Waals surface area contributed by atoms with Gasteiger partial charge in [0, 0.05) is 28.7 Å². The number of aromatic amines is 1. The van der Waals surface area contributed by atoms with Gasteiger partial charge in [-0.15, -0.1) is 0 Å². The molecule has 0 bridgehead atoms. The molecule has 1 aliphatic rings. The van der Waals surface area contributed by atoms with E-state index < -0.39 is 0 Å². The van der Waals surface area contributed by atoms with E-state index in [1.165, 1.54) is 0 Å². The number of H-pyrrole nitrogens is 1. The average Bonchev–Trinajstić information content (AvgIpc) is 2.82. The highest BCUT2D eigenvalue weighted by Crippen LogP contribution is 2.21. The van der Waals surface area contributed by atoms with E-state index in [0.717, 1.165) is 11.3 Å². The Morgan fingerprint density at radius 3 is 2.81 bits per heavy atom. The van der Waals surface area contributed by atoms with Crippen LogP contribution in [0.25, 0.3) is 0 Å². The van der Waals surface area contributed by atoms with Crippen LogP contribution in [-0.2, 0) is 19.5 Å². The molecule has 0 unspecified atom stereocenters. The van der Waals surface area contributed by atoms with Gasteiger partial charge in [-0.25, -0.2) is 4.98 Å². The highest BCUT2D eigenvalue weighted by atomic mass is 79.9. The van der Waals surface area contributed by atoms with Crippen molar-refractivity contribution >= 4 is 27.8 Å². The minimum Gasteiger partial charge on any atom is -0.497 e. The summed E-state index contributed by atoms with van der Waals surface area (Å²) >= 11 is 3.30. The zero-order valence-electron chi connectivity index (χ0n) is 17.3. The summed E-state index contributed by atoms with van der Waals surface area (Å²) < 4.78 is 5.80. The Kier molecular flexibility index (Phi) is 6.23. The highest BCUT2D eigenvalue weighted by molar-refractivity contribution is 9.10. The van der Waals surface area contributed by atoms with E-state index in [4.69, 9.17) is 4.74 Å². The lowest BCUT2D eigenvalue weighted by Gasteiger charge is -2.28. The van der Waals surface area contributed by atoms with Crippen LogP contribution in [0.1, 0.15) is 32.7 Å². The van der Waals surface area contributed by atoms with Gasteiger partial charge in [0.15, 0.2) is 0 Å². The highest BCUT2D eigenvalue weighted by Gasteiger charge is 2.25. The van der Waals surface area contributed by atoms with Gasteiger partial charge >= 0.3 is 0 Å². The summed E-state index contributed by atoms with van der Waals surface area (Å²) in [6.45, 7) is 1.12. The van der Waals surface area contributed by atoms with Crippen LogP contribution in [0, 0.1) is 11.3 Å². The molecule has 0 saturated carbocycles. The minimum atomic E-state index is -0.200. The fourth-order valence-corrected chi connectivity index (χ4v) is 3.89. The lowest BCUT2D eigenvalue weighted by molar-refractivity contribution is 0.0731. The molecule has 0 saturated heterocycles. The molecule has 0 spiro atoms. The van der Waals surface area contributed by atoms with E-state index >= 15 is 0 Å². The van der Waals surface area contributed by atoms with Crippen LogP contribution in [0.2, 0.25) is 0 Å². The predicted molar refractivity (Wildman–Crippen MR) is 122 cm³/mol. The van der Waals surface area contributed by atoms with Crippen molar-refractivity contribution in [2.24, 2.45) is 0 Å². The summed E-state index contributed by atoms with van der Waals surface area (Å²) in [6.07, 6.45) is 0.420. The molecular weight excluding hydrogens is 474 g/mol. The summed E-state index contributed by atoms with van der Waals surface area (Å²) in [5, 5.41) is 12.4. The van der Waals surface area contributed by atoms with Gasteiger partial charge in [0.2, 0.25) is 5.95 Å². The molecule has 0 fully saturated rings. The number of rotatable bonds is 5. The molecule has 32 heavy (non-hydrogen) atoms. The van der Waals surface area contributed by atoms with Crippen LogP contribution in [0.4, 0.5) is 5.95 Å². The second-order valence-electron chi connectivity index (χ2n) is 7.32. The molecule has 2 N–H and O–H groups in total. The third kappa shape index (κ3) is 4.50. The number of nitrogens with one attached hydrogen (secondary N) is 2. The second-order valence-corrected chi connectivity index (χ2v) is 8.18. The Morgan fingerprint density at radius 1 is 1.31 bits per heavy atom. The van der Waals surface area contributed by atoms with Crippen LogP contribution < -0.4 is 15.6 Å². The molecule has 1 amide bonds. The molecule has 2 aromatic carbocycles. The number of methoxy groups -OCH3 is 1. The molecule has 0 atom stereocenters. The third-order valence-electron chi connectivity index (χ3n) is 5.31. The molecule has 1 aliphatic heterocycles. The summed E-state index contributed by atoms with van der Waals surface area (Å²) in [6, 6.07) is 14.6. The van der Waals surface area contributed by atoms with Gasteiger partial charge in [-0.05, 0) is 58.2 Å². The second kappa shape index (κ2) is 9.24. The first-order valence-corrected chi connectivity index (χ1v) is 10.8. The van der Waals surface area contributed by atoms with Crippen molar-refractivity contribution < 1.29 is 9.53 Å². The van der Waals surface area contributed by atoms with Crippen molar-refractivity contribution in [3.05, 3.63) is 85.2 Å². The summed E-state index contributed by atoms with van der Waals surface area (Å²) in [4.78, 5) is 34.5. The monoisotopic (exact) mass is 493 g/mol. The molecule has 162 valence electrons. The standard InChI is InChI=1S/C23H20BrN5O3/c1-32-17-5-2-14(3-6-17)12-26-23-27-20-13-29(9-8-18(20)21(30)28-23)22(31)15-4-7-19(24)16(10-15)11-25/h2-7,10H,8-9,12-13H2,1H3,(H2,26,27,28,30). The maximum absolute atomic E-state index is 13.0. The average molecular weight is 494 g/mol. The summed E-state index contributed by atoms with van der Waals surface area (Å²) in [7, 11) is 1.61. The van der Waals surface area contributed by atoms with E-state index in [2.05, 4.69) is 37.3 Å². The van der Waals surface area contributed by atoms with Gasteiger partial charge in [-0.1, -0.05) is 12.1 Å². The maximum Gasteiger partial charge on any atom is 0.255 e. The fraction of sp³-hybridized carbons (Fsp3) is 0.217. The number of nitriles is 1. The van der Waals surface area contributed by atoms with Crippen molar-refractivity contribution in [1.29, 1.82) is 5.26 Å². The normalized spacial score (nSPS) is 12.6. The van der Waals surface area contributed by atoms with Crippen LogP contribution >= 0.6 is 15.9 Å². The number of ether oxygens (including phenoxy) is 1. The zero-order valence-corrected chi connectivity index (χ0v) is 18.9. The van der Waals surface area contributed by atoms with Gasteiger partial charge in [0.1, 0.15) is 11.8 Å². The van der Waals surface area contributed by atoms with E-state index in [9.17, 15) is 14.9 Å². The van der Waals surface area contributed by atoms with Crippen LogP contribution in [0.3, 0.4) is 0 Å². The molecule has 4 rings (SSSR count). The van der Waals surface area contributed by atoms with E-state index in [1.54, 1.807) is 30.2 Å². The zero-order chi connectivity index (χ0) is 22.7. The van der Waals surface area contributed by atoms with Crippen molar-refractivity contribution in [3.63, 3.8) is 0 Å². The smallest absolute Gasteiger partial charge is 0.255 e. The van der Waals surface area contributed by atoms with Crippen molar-refractivity contribution in [3.8, 4) is 11.8 Å². The fourth-order valence-electron chi connectivity index (χ4n) is 3.55. The molecule has 0 radical (unpaired) electrons. The quantitative estimate of drug-likeness (QED) is 0.564. The number of halogens is 1. The molecule has 2 heterocycles. The first-order valence-electron chi connectivity index (χ1n) is 9.96. The van der Waals surface area contributed by atoms with Crippen LogP contribution in [-0.4, -0.2) is 34.4 Å². The third-order valence-corrected chi connectivity index (χ3v) is 6.00. The van der Waals surface area contributed by atoms with E-state index in [0.29, 0.717) is 52.3 Å². The molecule has 9 heteroatoms. The van der Waals surface area contributed by atoms with Crippen LogP contribution in [0.5, 0.6) is 5.75 Å². The Balaban J connectivity index is 1.50. The first kappa shape index (κ1) is 21.6. The van der Waals surface area contributed by atoms with E-state index in [1.807, 2.05) is 24.3 Å². The van der Waals surface area contributed by atoms with E-state index in [-0.39, 0.29) is 18.0 Å². The lowest BCUT2D eigenvalue weighted by Crippen LogP contribution is -2.39. The molecule has 0 aliphatic carbocycles. The van der Waals surface area contributed by atoms with Crippen LogP contribution in [0.15, 0.2) is 51.7 Å². The van der Waals surface area contributed by atoms with Crippen molar-refractivity contribution in [2.75, 3.05) is 19.0 Å². The predicted octanol–water partition coefficient (Wildman–Crippen LogP) is 3.22. The largest absolute Gasteiger partial charge is 0.497 e. The summed E-state index contributed by atoms with van der Waals surface area (Å²) in [5.74, 6) is 0.926. The molecular formula is C23H20BrN5O3. The number of nitrogens with zero attached hydrogens (tertiary/aromatic N) is 3. The van der Waals surface area contributed by atoms with Gasteiger partial charge in [-0.3, -0.25) is 14.6 Å². The Hall–Kier alpha value is -3.64. The number of benzene rings is 2. The number of aromatic nitrogens is 2. The number of hydrogen-bond acceptors (Lipinski definition) is 6. The number of carbonyl (C=O) groups is 1. The number of anilines is 1. The Labute approximate surface area is 193 Å². The lowest BCUT2D eigenvalue weighted by atomic mass is 10.0. The Bertz CT molecular complexity index is 1260. The molecule has 3 aromatic rings. The summed E-state index contributed by atoms with van der Waals surface area (Å²) in [5.41, 5.74) is 2.80. The number of hydrogen-bond donors (Lipinski definition) is 2. The number of carbonyl (C=O) groups excluding carboxylic acids is 1. The van der Waals surface area contributed by atoms with Gasteiger partial charge in [0.05, 0.1) is 24.9 Å². The maximum atomic E-state index is 13.0.